The normalized spacial score (nSPS) is 10.5. The van der Waals surface area contributed by atoms with Crippen molar-refractivity contribution in [1.82, 2.24) is 10.3 Å². The molecule has 0 unspecified atom stereocenters. The lowest BCUT2D eigenvalue weighted by Gasteiger charge is -2.05. The van der Waals surface area contributed by atoms with Gasteiger partial charge in [-0.3, -0.25) is 4.79 Å². The molecule has 2 rings (SSSR count). The van der Waals surface area contributed by atoms with Crippen molar-refractivity contribution in [2.24, 2.45) is 0 Å². The molecule has 100 valence electrons. The maximum absolute atomic E-state index is 13.6. The third kappa shape index (κ3) is 3.38. The van der Waals surface area contributed by atoms with E-state index in [0.29, 0.717) is 6.54 Å². The summed E-state index contributed by atoms with van der Waals surface area (Å²) >= 11 is 1.56. The van der Waals surface area contributed by atoms with Gasteiger partial charge in [0.25, 0.3) is 5.91 Å². The molecule has 1 amide bonds. The third-order valence-electron chi connectivity index (χ3n) is 2.72. The maximum Gasteiger partial charge on any atom is 0.254 e. The van der Waals surface area contributed by atoms with Gasteiger partial charge in [-0.1, -0.05) is 13.0 Å². The number of aromatic nitrogens is 1. The van der Waals surface area contributed by atoms with Gasteiger partial charge in [0.15, 0.2) is 0 Å². The molecule has 0 aliphatic rings. The summed E-state index contributed by atoms with van der Waals surface area (Å²) in [7, 11) is 0. The Kier molecular flexibility index (Phi) is 4.27. The molecule has 0 bridgehead atoms. The van der Waals surface area contributed by atoms with Crippen LogP contribution in [0.2, 0.25) is 0 Å². The maximum atomic E-state index is 13.6. The zero-order chi connectivity index (χ0) is 13.8. The second kappa shape index (κ2) is 5.93. The lowest BCUT2D eigenvalue weighted by atomic mass is 10.1. The molecule has 0 aliphatic heterocycles. The summed E-state index contributed by atoms with van der Waals surface area (Å²) in [4.78, 5) is 17.2. The molecule has 2 aromatic rings. The fourth-order valence-corrected chi connectivity index (χ4v) is 2.45. The van der Waals surface area contributed by atoms with Crippen molar-refractivity contribution >= 4 is 17.2 Å². The van der Waals surface area contributed by atoms with Gasteiger partial charge in [0.2, 0.25) is 0 Å². The van der Waals surface area contributed by atoms with Gasteiger partial charge >= 0.3 is 0 Å². The van der Waals surface area contributed by atoms with E-state index in [1.807, 2.05) is 0 Å². The molecular weight excluding hydrogens is 263 g/mol. The highest BCUT2D eigenvalue weighted by Crippen LogP contribution is 2.14. The van der Waals surface area contributed by atoms with Crippen LogP contribution in [-0.4, -0.2) is 10.9 Å². The number of halogens is 1. The number of hydrogen-bond acceptors (Lipinski definition) is 3. The lowest BCUT2D eigenvalue weighted by Crippen LogP contribution is -2.23. The van der Waals surface area contributed by atoms with E-state index in [2.05, 4.69) is 17.2 Å². The van der Waals surface area contributed by atoms with Gasteiger partial charge in [-0.05, 0) is 31.0 Å². The Bertz CT molecular complexity index is 595. The Labute approximate surface area is 115 Å². The monoisotopic (exact) mass is 278 g/mol. The first-order chi connectivity index (χ1) is 9.10. The minimum Gasteiger partial charge on any atom is -0.345 e. The van der Waals surface area contributed by atoms with Crippen LogP contribution in [0.4, 0.5) is 4.39 Å². The zero-order valence-corrected chi connectivity index (χ0v) is 11.7. The molecule has 1 aromatic carbocycles. The number of carbonyl (C=O) groups excluding carboxylic acids is 1. The van der Waals surface area contributed by atoms with E-state index in [0.717, 1.165) is 17.0 Å². The van der Waals surface area contributed by atoms with Crippen LogP contribution in [0.5, 0.6) is 0 Å². The SMILES string of the molecule is CCc1cnc(CNC(=O)c2ccc(C)cc2F)s1. The standard InChI is InChI=1S/C14H15FN2OS/c1-3-10-7-16-13(19-10)8-17-14(18)11-5-4-9(2)6-12(11)15/h4-7H,3,8H2,1-2H3,(H,17,18). The van der Waals surface area contributed by atoms with Crippen LogP contribution >= 0.6 is 11.3 Å². The molecule has 1 aromatic heterocycles. The van der Waals surface area contributed by atoms with Crippen LogP contribution in [0, 0.1) is 12.7 Å². The molecule has 0 spiro atoms. The summed E-state index contributed by atoms with van der Waals surface area (Å²) in [6, 6.07) is 4.57. The number of nitrogens with one attached hydrogen (secondary N) is 1. The number of aryl methyl sites for hydroxylation is 2. The highest BCUT2D eigenvalue weighted by Gasteiger charge is 2.11. The van der Waals surface area contributed by atoms with E-state index < -0.39 is 11.7 Å². The second-order valence-corrected chi connectivity index (χ2v) is 5.44. The number of carbonyl (C=O) groups is 1. The van der Waals surface area contributed by atoms with Crippen molar-refractivity contribution in [3.05, 3.63) is 51.2 Å². The van der Waals surface area contributed by atoms with Gasteiger partial charge in [0, 0.05) is 11.1 Å². The minimum atomic E-state index is -0.495. The second-order valence-electron chi connectivity index (χ2n) is 4.24. The zero-order valence-electron chi connectivity index (χ0n) is 10.9. The molecule has 0 fully saturated rings. The van der Waals surface area contributed by atoms with Crippen molar-refractivity contribution in [2.45, 2.75) is 26.8 Å². The molecule has 5 heteroatoms. The topological polar surface area (TPSA) is 42.0 Å². The number of benzene rings is 1. The molecule has 1 heterocycles. The highest BCUT2D eigenvalue weighted by molar-refractivity contribution is 7.11. The van der Waals surface area contributed by atoms with E-state index >= 15 is 0 Å². The van der Waals surface area contributed by atoms with Crippen molar-refractivity contribution in [2.75, 3.05) is 0 Å². The first-order valence-corrected chi connectivity index (χ1v) is 6.89. The van der Waals surface area contributed by atoms with Crippen LogP contribution in [-0.2, 0) is 13.0 Å². The van der Waals surface area contributed by atoms with Crippen molar-refractivity contribution in [3.8, 4) is 0 Å². The Morgan fingerprint density at radius 3 is 2.89 bits per heavy atom. The summed E-state index contributed by atoms with van der Waals surface area (Å²) < 4.78 is 13.6. The Hall–Kier alpha value is -1.75. The van der Waals surface area contributed by atoms with Crippen LogP contribution in [0.25, 0.3) is 0 Å². The van der Waals surface area contributed by atoms with Crippen LogP contribution in [0.3, 0.4) is 0 Å². The molecule has 0 radical (unpaired) electrons. The van der Waals surface area contributed by atoms with Gasteiger partial charge in [-0.25, -0.2) is 9.37 Å². The van der Waals surface area contributed by atoms with E-state index in [-0.39, 0.29) is 5.56 Å². The predicted molar refractivity (Wildman–Crippen MR) is 73.8 cm³/mol. The summed E-state index contributed by atoms with van der Waals surface area (Å²) in [5, 5.41) is 3.51. The van der Waals surface area contributed by atoms with E-state index in [1.165, 1.54) is 17.0 Å². The van der Waals surface area contributed by atoms with Gasteiger partial charge in [0.1, 0.15) is 10.8 Å². The average molecular weight is 278 g/mol. The number of thiazole rings is 1. The first kappa shape index (κ1) is 13.7. The average Bonchev–Trinajstić information content (AvgIpc) is 2.84. The molecule has 0 aliphatic carbocycles. The molecule has 0 saturated heterocycles. The Morgan fingerprint density at radius 1 is 1.47 bits per heavy atom. The lowest BCUT2D eigenvalue weighted by molar-refractivity contribution is 0.0947. The van der Waals surface area contributed by atoms with Crippen molar-refractivity contribution < 1.29 is 9.18 Å². The fourth-order valence-electron chi connectivity index (χ4n) is 1.65. The molecular formula is C14H15FN2OS. The molecule has 3 nitrogen and oxygen atoms in total. The molecule has 1 N–H and O–H groups in total. The van der Waals surface area contributed by atoms with Gasteiger partial charge in [-0.15, -0.1) is 11.3 Å². The van der Waals surface area contributed by atoms with Gasteiger partial charge in [0.05, 0.1) is 12.1 Å². The largest absolute Gasteiger partial charge is 0.345 e. The molecule has 19 heavy (non-hydrogen) atoms. The van der Waals surface area contributed by atoms with E-state index in [9.17, 15) is 9.18 Å². The van der Waals surface area contributed by atoms with Crippen LogP contribution in [0.1, 0.15) is 32.7 Å². The van der Waals surface area contributed by atoms with Gasteiger partial charge < -0.3 is 5.32 Å². The minimum absolute atomic E-state index is 0.0675. The van der Waals surface area contributed by atoms with Crippen LogP contribution in [0.15, 0.2) is 24.4 Å². The van der Waals surface area contributed by atoms with E-state index in [1.54, 1.807) is 30.5 Å². The number of amides is 1. The fraction of sp³-hybridized carbons (Fsp3) is 0.286. The summed E-state index contributed by atoms with van der Waals surface area (Å²) in [5.74, 6) is -0.906. The Balaban J connectivity index is 2.01. The molecule has 0 saturated carbocycles. The van der Waals surface area contributed by atoms with Crippen molar-refractivity contribution in [1.29, 1.82) is 0 Å². The third-order valence-corrected chi connectivity index (χ3v) is 3.86. The number of rotatable bonds is 4. The summed E-state index contributed by atoms with van der Waals surface area (Å²) in [6.07, 6.45) is 2.73. The summed E-state index contributed by atoms with van der Waals surface area (Å²) in [6.45, 7) is 4.17. The molecule has 0 atom stereocenters. The quantitative estimate of drug-likeness (QED) is 0.933. The smallest absolute Gasteiger partial charge is 0.254 e. The van der Waals surface area contributed by atoms with Crippen molar-refractivity contribution in [3.63, 3.8) is 0 Å². The number of hydrogen-bond donors (Lipinski definition) is 1. The van der Waals surface area contributed by atoms with Crippen LogP contribution < -0.4 is 5.32 Å². The van der Waals surface area contributed by atoms with Gasteiger partial charge in [-0.2, -0.15) is 0 Å². The Morgan fingerprint density at radius 2 is 2.26 bits per heavy atom. The number of nitrogens with zero attached hydrogens (tertiary/aromatic N) is 1. The van der Waals surface area contributed by atoms with E-state index in [4.69, 9.17) is 0 Å². The highest BCUT2D eigenvalue weighted by atomic mass is 32.1. The first-order valence-electron chi connectivity index (χ1n) is 6.08. The summed E-state index contributed by atoms with van der Waals surface area (Å²) in [5.41, 5.74) is 0.861. The predicted octanol–water partition coefficient (Wildman–Crippen LogP) is 3.08.